The number of rotatable bonds is 5. The Morgan fingerprint density at radius 2 is 0.943 bits per heavy atom. The molecular weight excluding hydrogens is 641 g/mol. The van der Waals surface area contributed by atoms with Gasteiger partial charge in [0.2, 0.25) is 0 Å². The lowest BCUT2D eigenvalue weighted by Crippen LogP contribution is -2.14. The van der Waals surface area contributed by atoms with E-state index in [1.54, 1.807) is 0 Å². The fourth-order valence-corrected chi connectivity index (χ4v) is 8.41. The second kappa shape index (κ2) is 12.3. The molecule has 0 amide bonds. The monoisotopic (exact) mass is 676 g/mol. The topological polar surface area (TPSA) is 25.8 Å². The third-order valence-electron chi connectivity index (χ3n) is 11.1. The summed E-state index contributed by atoms with van der Waals surface area (Å²) >= 11 is 0. The van der Waals surface area contributed by atoms with Crippen molar-refractivity contribution in [3.8, 4) is 67.3 Å². The Morgan fingerprint density at radius 1 is 0.358 bits per heavy atom. The number of hydrogen-bond donors (Lipinski definition) is 0. The molecule has 1 aliphatic carbocycles. The zero-order valence-corrected chi connectivity index (χ0v) is 29.7. The number of aromatic nitrogens is 2. The van der Waals surface area contributed by atoms with Gasteiger partial charge in [-0.3, -0.25) is 0 Å². The van der Waals surface area contributed by atoms with Crippen molar-refractivity contribution in [1.29, 1.82) is 0 Å². The molecule has 1 aliphatic rings. The van der Waals surface area contributed by atoms with Crippen molar-refractivity contribution in [2.24, 2.45) is 0 Å². The maximum absolute atomic E-state index is 5.30. The quantitative estimate of drug-likeness (QED) is 0.181. The molecule has 0 saturated carbocycles. The lowest BCUT2D eigenvalue weighted by atomic mass is 9.81. The highest BCUT2D eigenvalue weighted by Crippen LogP contribution is 2.54. The summed E-state index contributed by atoms with van der Waals surface area (Å²) < 4.78 is 0. The molecule has 10 rings (SSSR count). The van der Waals surface area contributed by atoms with Crippen LogP contribution >= 0.6 is 0 Å². The Morgan fingerprint density at radius 3 is 1.79 bits per heavy atom. The molecule has 1 heterocycles. The van der Waals surface area contributed by atoms with Crippen LogP contribution in [0.3, 0.4) is 0 Å². The van der Waals surface area contributed by atoms with Crippen molar-refractivity contribution in [2.75, 3.05) is 0 Å². The average molecular weight is 677 g/mol. The van der Waals surface area contributed by atoms with Crippen LogP contribution in [0, 0.1) is 0 Å². The number of fused-ring (bicyclic) bond motifs is 5. The van der Waals surface area contributed by atoms with Gasteiger partial charge < -0.3 is 0 Å². The van der Waals surface area contributed by atoms with Crippen LogP contribution in [0.4, 0.5) is 0 Å². The Kier molecular flexibility index (Phi) is 7.19. The summed E-state index contributed by atoms with van der Waals surface area (Å²) in [5.41, 5.74) is 14.9. The molecule has 1 aromatic heterocycles. The molecule has 0 saturated heterocycles. The maximum atomic E-state index is 5.30. The van der Waals surface area contributed by atoms with Gasteiger partial charge in [0.25, 0.3) is 0 Å². The summed E-state index contributed by atoms with van der Waals surface area (Å²) in [5.74, 6) is 0.708. The lowest BCUT2D eigenvalue weighted by Gasteiger charge is -2.22. The van der Waals surface area contributed by atoms with Crippen LogP contribution in [-0.2, 0) is 5.41 Å². The average Bonchev–Trinajstić information content (AvgIpc) is 3.45. The van der Waals surface area contributed by atoms with Crippen LogP contribution in [-0.4, -0.2) is 9.97 Å². The molecule has 0 unspecified atom stereocenters. The van der Waals surface area contributed by atoms with Gasteiger partial charge >= 0.3 is 0 Å². The van der Waals surface area contributed by atoms with Gasteiger partial charge in [-0.15, -0.1) is 0 Å². The third-order valence-corrected chi connectivity index (χ3v) is 11.1. The Balaban J connectivity index is 1.17. The Labute approximate surface area is 310 Å². The predicted octanol–water partition coefficient (Wildman–Crippen LogP) is 13.4. The van der Waals surface area contributed by atoms with Gasteiger partial charge in [-0.1, -0.05) is 172 Å². The van der Waals surface area contributed by atoms with E-state index in [9.17, 15) is 0 Å². The summed E-state index contributed by atoms with van der Waals surface area (Å²) in [6.45, 7) is 4.72. The third kappa shape index (κ3) is 5.18. The smallest absolute Gasteiger partial charge is 0.160 e. The van der Waals surface area contributed by atoms with E-state index in [2.05, 4.69) is 190 Å². The second-order valence-corrected chi connectivity index (χ2v) is 14.6. The lowest BCUT2D eigenvalue weighted by molar-refractivity contribution is 0.661. The SMILES string of the molecule is CC1(C)c2cc3ccccc3cc2-c2c(-c3ccccc3-c3cc(-c4cccc(-c5cccc6ccccc56)c4)nc(-c4ccccc4)n3)cccc21. The molecule has 0 bridgehead atoms. The van der Waals surface area contributed by atoms with E-state index in [0.717, 1.165) is 39.2 Å². The van der Waals surface area contributed by atoms with Gasteiger partial charge in [0.15, 0.2) is 5.82 Å². The molecule has 8 aromatic carbocycles. The molecule has 0 aliphatic heterocycles. The van der Waals surface area contributed by atoms with E-state index in [-0.39, 0.29) is 5.41 Å². The molecular formula is C51H36N2. The molecule has 53 heavy (non-hydrogen) atoms. The number of hydrogen-bond acceptors (Lipinski definition) is 2. The minimum atomic E-state index is -0.128. The van der Waals surface area contributed by atoms with Gasteiger partial charge in [-0.25, -0.2) is 9.97 Å². The Bertz CT molecular complexity index is 2860. The fraction of sp³-hybridized carbons (Fsp3) is 0.0588. The highest BCUT2D eigenvalue weighted by molar-refractivity contribution is 6.01. The normalized spacial score (nSPS) is 12.9. The summed E-state index contributed by atoms with van der Waals surface area (Å²) in [7, 11) is 0. The van der Waals surface area contributed by atoms with Gasteiger partial charge in [0.05, 0.1) is 11.4 Å². The first-order valence-electron chi connectivity index (χ1n) is 18.3. The molecule has 0 N–H and O–H groups in total. The van der Waals surface area contributed by atoms with Crippen LogP contribution in [0.1, 0.15) is 25.0 Å². The van der Waals surface area contributed by atoms with Crippen molar-refractivity contribution in [3.05, 3.63) is 193 Å². The van der Waals surface area contributed by atoms with Crippen LogP contribution < -0.4 is 0 Å². The van der Waals surface area contributed by atoms with Gasteiger partial charge in [-0.2, -0.15) is 0 Å². The first-order chi connectivity index (χ1) is 26.0. The van der Waals surface area contributed by atoms with Crippen molar-refractivity contribution in [1.82, 2.24) is 9.97 Å². The van der Waals surface area contributed by atoms with E-state index in [4.69, 9.17) is 9.97 Å². The van der Waals surface area contributed by atoms with Gasteiger partial charge in [0, 0.05) is 22.1 Å². The van der Waals surface area contributed by atoms with Gasteiger partial charge in [-0.05, 0) is 90.3 Å². The first kappa shape index (κ1) is 31.1. The van der Waals surface area contributed by atoms with Crippen LogP contribution in [0.15, 0.2) is 182 Å². The largest absolute Gasteiger partial charge is 0.228 e. The zero-order chi connectivity index (χ0) is 35.5. The van der Waals surface area contributed by atoms with E-state index >= 15 is 0 Å². The fourth-order valence-electron chi connectivity index (χ4n) is 8.41. The van der Waals surface area contributed by atoms with Crippen molar-refractivity contribution in [3.63, 3.8) is 0 Å². The molecule has 0 spiro atoms. The molecule has 2 nitrogen and oxygen atoms in total. The molecule has 9 aromatic rings. The van der Waals surface area contributed by atoms with Crippen molar-refractivity contribution < 1.29 is 0 Å². The van der Waals surface area contributed by atoms with E-state index < -0.39 is 0 Å². The summed E-state index contributed by atoms with van der Waals surface area (Å²) in [6.07, 6.45) is 0. The molecule has 0 radical (unpaired) electrons. The van der Waals surface area contributed by atoms with E-state index in [0.29, 0.717) is 5.82 Å². The van der Waals surface area contributed by atoms with E-state index in [1.807, 2.05) is 6.07 Å². The molecule has 2 heteroatoms. The molecule has 0 fully saturated rings. The molecule has 0 atom stereocenters. The number of benzene rings is 8. The standard InChI is InChI=1S/C51H36N2/c1-51(2)45-28-14-27-43(49(45)44-30-35-18-6-7-19-36(35)31-46(44)51)41-24-10-11-25-42(41)48-32-47(52-50(53-48)34-16-4-3-5-17-34)38-22-12-21-37(29-38)40-26-13-20-33-15-8-9-23-39(33)40/h3-32H,1-2H3. The highest BCUT2D eigenvalue weighted by Gasteiger charge is 2.37. The van der Waals surface area contributed by atoms with Gasteiger partial charge in [0.1, 0.15) is 0 Å². The van der Waals surface area contributed by atoms with Crippen molar-refractivity contribution in [2.45, 2.75) is 19.3 Å². The maximum Gasteiger partial charge on any atom is 0.160 e. The minimum absolute atomic E-state index is 0.128. The Hall–Kier alpha value is -6.64. The van der Waals surface area contributed by atoms with Crippen LogP contribution in [0.2, 0.25) is 0 Å². The number of nitrogens with zero attached hydrogens (tertiary/aromatic N) is 2. The minimum Gasteiger partial charge on any atom is -0.228 e. The van der Waals surface area contributed by atoms with E-state index in [1.165, 1.54) is 54.9 Å². The molecule has 250 valence electrons. The second-order valence-electron chi connectivity index (χ2n) is 14.6. The van der Waals surface area contributed by atoms with Crippen molar-refractivity contribution >= 4 is 21.5 Å². The zero-order valence-electron chi connectivity index (χ0n) is 29.7. The highest BCUT2D eigenvalue weighted by atomic mass is 14.9. The predicted molar refractivity (Wildman–Crippen MR) is 222 cm³/mol. The van der Waals surface area contributed by atoms with Crippen LogP contribution in [0.25, 0.3) is 88.8 Å². The first-order valence-corrected chi connectivity index (χ1v) is 18.3. The summed E-state index contributed by atoms with van der Waals surface area (Å²) in [5, 5.41) is 5.01. The summed E-state index contributed by atoms with van der Waals surface area (Å²) in [6, 6.07) is 65.4. The van der Waals surface area contributed by atoms with Crippen LogP contribution in [0.5, 0.6) is 0 Å². The summed E-state index contributed by atoms with van der Waals surface area (Å²) in [4.78, 5) is 10.5.